The third-order valence-corrected chi connectivity index (χ3v) is 2.26. The van der Waals surface area contributed by atoms with E-state index in [4.69, 9.17) is 0 Å². The highest BCUT2D eigenvalue weighted by Crippen LogP contribution is 2.28. The molecule has 0 fully saturated rings. The van der Waals surface area contributed by atoms with Gasteiger partial charge in [0.2, 0.25) is 0 Å². The number of allylic oxidation sites excluding steroid dienone is 1. The topological polar surface area (TPSA) is 60.2 Å². The molecule has 0 amide bonds. The summed E-state index contributed by atoms with van der Waals surface area (Å²) in [5.74, 6) is -0.460. The van der Waals surface area contributed by atoms with Gasteiger partial charge in [-0.15, -0.1) is 0 Å². The molecule has 5 heteroatoms. The Morgan fingerprint density at radius 1 is 1.57 bits per heavy atom. The van der Waals surface area contributed by atoms with Gasteiger partial charge in [-0.3, -0.25) is 14.9 Å². The molecule has 1 aromatic rings. The molecule has 0 aromatic heterocycles. The third kappa shape index (κ3) is 1.88. The standard InChI is InChI=1S/C9H6BrNO3/c1-2-8(12)6-4-3-5-7(10)9(6)11(13)14/h2-5H,1H2. The molecule has 0 N–H and O–H groups in total. The molecule has 1 aromatic carbocycles. The van der Waals surface area contributed by atoms with E-state index in [0.717, 1.165) is 6.08 Å². The molecule has 0 atom stereocenters. The lowest BCUT2D eigenvalue weighted by molar-refractivity contribution is -0.385. The second-order valence-corrected chi connectivity index (χ2v) is 3.32. The predicted octanol–water partition coefficient (Wildman–Crippen LogP) is 2.73. The molecular weight excluding hydrogens is 250 g/mol. The number of halogens is 1. The van der Waals surface area contributed by atoms with Crippen LogP contribution in [0.1, 0.15) is 10.4 Å². The number of nitrogens with zero attached hydrogens (tertiary/aromatic N) is 1. The molecule has 0 saturated heterocycles. The summed E-state index contributed by atoms with van der Waals surface area (Å²) in [6, 6.07) is 4.47. The molecule has 0 heterocycles. The highest BCUT2D eigenvalue weighted by molar-refractivity contribution is 9.10. The van der Waals surface area contributed by atoms with E-state index in [1.165, 1.54) is 12.1 Å². The van der Waals surface area contributed by atoms with E-state index in [9.17, 15) is 14.9 Å². The second-order valence-electron chi connectivity index (χ2n) is 2.46. The summed E-state index contributed by atoms with van der Waals surface area (Å²) in [4.78, 5) is 21.3. The van der Waals surface area contributed by atoms with Gasteiger partial charge in [-0.25, -0.2) is 0 Å². The van der Waals surface area contributed by atoms with Crippen molar-refractivity contribution in [2.45, 2.75) is 0 Å². The molecule has 0 aliphatic carbocycles. The van der Waals surface area contributed by atoms with Crippen molar-refractivity contribution >= 4 is 27.4 Å². The van der Waals surface area contributed by atoms with Gasteiger partial charge in [0.15, 0.2) is 5.78 Å². The maximum Gasteiger partial charge on any atom is 0.294 e. The van der Waals surface area contributed by atoms with Crippen molar-refractivity contribution in [3.05, 3.63) is 51.0 Å². The maximum atomic E-state index is 11.2. The largest absolute Gasteiger partial charge is 0.294 e. The molecule has 0 unspecified atom stereocenters. The predicted molar refractivity (Wildman–Crippen MR) is 55.3 cm³/mol. The fraction of sp³-hybridized carbons (Fsp3) is 0. The quantitative estimate of drug-likeness (QED) is 0.361. The Labute approximate surface area is 88.5 Å². The zero-order valence-electron chi connectivity index (χ0n) is 7.07. The number of nitro groups is 1. The lowest BCUT2D eigenvalue weighted by Crippen LogP contribution is -2.01. The fourth-order valence-electron chi connectivity index (χ4n) is 1.01. The van der Waals surface area contributed by atoms with Crippen LogP contribution in [0.5, 0.6) is 0 Å². The van der Waals surface area contributed by atoms with E-state index in [-0.39, 0.29) is 15.7 Å². The minimum Gasteiger partial charge on any atom is -0.289 e. The first-order valence-corrected chi connectivity index (χ1v) is 4.47. The summed E-state index contributed by atoms with van der Waals surface area (Å²) in [5, 5.41) is 10.7. The van der Waals surface area contributed by atoms with Crippen LogP contribution in [0.4, 0.5) is 5.69 Å². The van der Waals surface area contributed by atoms with Gasteiger partial charge in [-0.2, -0.15) is 0 Å². The van der Waals surface area contributed by atoms with Crippen LogP contribution in [0.2, 0.25) is 0 Å². The number of rotatable bonds is 3. The zero-order valence-corrected chi connectivity index (χ0v) is 8.65. The molecule has 1 rings (SSSR count). The van der Waals surface area contributed by atoms with Gasteiger partial charge in [-0.05, 0) is 34.1 Å². The highest BCUT2D eigenvalue weighted by Gasteiger charge is 2.21. The Hall–Kier alpha value is -1.49. The van der Waals surface area contributed by atoms with Crippen molar-refractivity contribution in [3.8, 4) is 0 Å². The van der Waals surface area contributed by atoms with Crippen molar-refractivity contribution in [1.82, 2.24) is 0 Å². The average Bonchev–Trinajstić information content (AvgIpc) is 2.15. The molecule has 0 spiro atoms. The first-order chi connectivity index (χ1) is 6.57. The molecule has 0 bridgehead atoms. The lowest BCUT2D eigenvalue weighted by Gasteiger charge is -1.99. The van der Waals surface area contributed by atoms with Crippen LogP contribution >= 0.6 is 15.9 Å². The van der Waals surface area contributed by atoms with Crippen LogP contribution < -0.4 is 0 Å². The molecular formula is C9H6BrNO3. The summed E-state index contributed by atoms with van der Waals surface area (Å²) in [7, 11) is 0. The summed E-state index contributed by atoms with van der Waals surface area (Å²) in [6.45, 7) is 3.28. The molecule has 72 valence electrons. The average molecular weight is 256 g/mol. The van der Waals surface area contributed by atoms with Crippen LogP contribution in [0.3, 0.4) is 0 Å². The zero-order chi connectivity index (χ0) is 10.7. The van der Waals surface area contributed by atoms with Crippen molar-refractivity contribution in [1.29, 1.82) is 0 Å². The summed E-state index contributed by atoms with van der Waals surface area (Å²) < 4.78 is 0.287. The molecule has 0 saturated carbocycles. The Morgan fingerprint density at radius 3 is 2.71 bits per heavy atom. The maximum absolute atomic E-state index is 11.2. The summed E-state index contributed by atoms with van der Waals surface area (Å²) >= 11 is 3.02. The number of hydrogen-bond donors (Lipinski definition) is 0. The SMILES string of the molecule is C=CC(=O)c1cccc(Br)c1[N+](=O)[O-]. The Bertz CT molecular complexity index is 415. The number of carbonyl (C=O) groups excluding carboxylic acids is 1. The normalized spacial score (nSPS) is 9.50. The highest BCUT2D eigenvalue weighted by atomic mass is 79.9. The Kier molecular flexibility index (Phi) is 3.14. The fourth-order valence-corrected chi connectivity index (χ4v) is 1.52. The van der Waals surface area contributed by atoms with Gasteiger partial charge in [0.05, 0.1) is 9.40 Å². The monoisotopic (exact) mass is 255 g/mol. The summed E-state index contributed by atoms with van der Waals surface area (Å²) in [6.07, 6.45) is 1.05. The first kappa shape index (κ1) is 10.6. The van der Waals surface area contributed by atoms with E-state index in [2.05, 4.69) is 22.5 Å². The van der Waals surface area contributed by atoms with Gasteiger partial charge < -0.3 is 0 Å². The van der Waals surface area contributed by atoms with Gasteiger partial charge >= 0.3 is 0 Å². The Morgan fingerprint density at radius 2 is 2.21 bits per heavy atom. The van der Waals surface area contributed by atoms with Crippen LogP contribution in [-0.4, -0.2) is 10.7 Å². The van der Waals surface area contributed by atoms with Crippen LogP contribution in [0, 0.1) is 10.1 Å². The van der Waals surface area contributed by atoms with Crippen LogP contribution in [-0.2, 0) is 0 Å². The van der Waals surface area contributed by atoms with E-state index in [0.29, 0.717) is 0 Å². The van der Waals surface area contributed by atoms with Gasteiger partial charge in [0.1, 0.15) is 5.56 Å². The molecule has 0 radical (unpaired) electrons. The number of nitro benzene ring substituents is 1. The molecule has 0 aliphatic heterocycles. The number of ketones is 1. The number of benzene rings is 1. The van der Waals surface area contributed by atoms with Crippen molar-refractivity contribution in [2.24, 2.45) is 0 Å². The third-order valence-electron chi connectivity index (χ3n) is 1.62. The Balaban J connectivity index is 3.42. The van der Waals surface area contributed by atoms with E-state index in [1.54, 1.807) is 6.07 Å². The number of para-hydroxylation sites is 1. The molecule has 4 nitrogen and oxygen atoms in total. The number of carbonyl (C=O) groups is 1. The summed E-state index contributed by atoms with van der Waals surface area (Å²) in [5.41, 5.74) is -0.184. The van der Waals surface area contributed by atoms with Crippen molar-refractivity contribution < 1.29 is 9.72 Å². The van der Waals surface area contributed by atoms with E-state index < -0.39 is 10.7 Å². The number of hydrogen-bond acceptors (Lipinski definition) is 3. The minimum atomic E-state index is -0.596. The van der Waals surface area contributed by atoms with Gasteiger partial charge in [0.25, 0.3) is 5.69 Å². The molecule has 14 heavy (non-hydrogen) atoms. The van der Waals surface area contributed by atoms with Crippen LogP contribution in [0.25, 0.3) is 0 Å². The van der Waals surface area contributed by atoms with Crippen LogP contribution in [0.15, 0.2) is 35.3 Å². The van der Waals surface area contributed by atoms with Gasteiger partial charge in [-0.1, -0.05) is 12.6 Å². The van der Waals surface area contributed by atoms with E-state index >= 15 is 0 Å². The minimum absolute atomic E-state index is 0.0411. The first-order valence-electron chi connectivity index (χ1n) is 3.67. The van der Waals surface area contributed by atoms with Gasteiger partial charge in [0, 0.05) is 0 Å². The van der Waals surface area contributed by atoms with E-state index in [1.807, 2.05) is 0 Å². The lowest BCUT2D eigenvalue weighted by atomic mass is 10.1. The van der Waals surface area contributed by atoms with Crippen molar-refractivity contribution in [2.75, 3.05) is 0 Å². The second kappa shape index (κ2) is 4.15. The van der Waals surface area contributed by atoms with Crippen molar-refractivity contribution in [3.63, 3.8) is 0 Å². The molecule has 0 aliphatic rings. The smallest absolute Gasteiger partial charge is 0.289 e.